The minimum absolute atomic E-state index is 0.0632. The number of nitrogens with one attached hydrogen (secondary N) is 1. The van der Waals surface area contributed by atoms with Crippen LogP contribution < -0.4 is 5.32 Å². The van der Waals surface area contributed by atoms with Crippen LogP contribution in [-0.2, 0) is 4.79 Å². The molecule has 2 bridgehead atoms. The molecule has 0 aromatic heterocycles. The van der Waals surface area contributed by atoms with Gasteiger partial charge in [0.25, 0.3) is 0 Å². The van der Waals surface area contributed by atoms with Gasteiger partial charge in [-0.25, -0.2) is 0 Å². The van der Waals surface area contributed by atoms with Crippen molar-refractivity contribution in [3.8, 4) is 0 Å². The zero-order chi connectivity index (χ0) is 9.05. The van der Waals surface area contributed by atoms with E-state index in [1.54, 1.807) is 0 Å². The van der Waals surface area contributed by atoms with Crippen molar-refractivity contribution in [2.45, 2.75) is 18.4 Å². The molecule has 2 aliphatic carbocycles. The molecule has 1 saturated heterocycles. The Kier molecular flexibility index (Phi) is 1.25. The third-order valence-electron chi connectivity index (χ3n) is 3.97. The van der Waals surface area contributed by atoms with Gasteiger partial charge in [-0.1, -0.05) is 12.2 Å². The Morgan fingerprint density at radius 2 is 2.46 bits per heavy atom. The van der Waals surface area contributed by atoms with E-state index in [-0.39, 0.29) is 17.4 Å². The zero-order valence-corrected chi connectivity index (χ0v) is 7.36. The van der Waals surface area contributed by atoms with Gasteiger partial charge in [-0.2, -0.15) is 0 Å². The number of carbonyl (C=O) groups is 1. The Bertz CT molecular complexity index is 299. The molecule has 3 rings (SSSR count). The van der Waals surface area contributed by atoms with Crippen LogP contribution in [-0.4, -0.2) is 23.2 Å². The molecule has 4 unspecified atom stereocenters. The maximum Gasteiger partial charge on any atom is 0.307 e. The first-order valence-electron chi connectivity index (χ1n) is 4.90. The Morgan fingerprint density at radius 3 is 3.23 bits per heavy atom. The van der Waals surface area contributed by atoms with E-state index in [9.17, 15) is 4.79 Å². The molecule has 1 heterocycles. The smallest absolute Gasteiger partial charge is 0.307 e. The van der Waals surface area contributed by atoms with Crippen molar-refractivity contribution in [3.63, 3.8) is 0 Å². The van der Waals surface area contributed by atoms with Crippen LogP contribution in [0.3, 0.4) is 0 Å². The van der Waals surface area contributed by atoms with Crippen molar-refractivity contribution in [2.75, 3.05) is 6.54 Å². The topological polar surface area (TPSA) is 49.3 Å². The summed E-state index contributed by atoms with van der Waals surface area (Å²) in [6, 6.07) is 0. The number of allylic oxidation sites excluding steroid dienone is 1. The first-order chi connectivity index (χ1) is 6.23. The van der Waals surface area contributed by atoms with E-state index in [0.717, 1.165) is 19.4 Å². The molecule has 3 aliphatic rings. The van der Waals surface area contributed by atoms with E-state index < -0.39 is 5.97 Å². The Morgan fingerprint density at radius 1 is 1.62 bits per heavy atom. The van der Waals surface area contributed by atoms with Crippen LogP contribution >= 0.6 is 0 Å². The maximum atomic E-state index is 11.1. The van der Waals surface area contributed by atoms with E-state index in [0.29, 0.717) is 5.92 Å². The summed E-state index contributed by atoms with van der Waals surface area (Å²) in [5, 5.41) is 12.6. The molecule has 1 aliphatic heterocycles. The van der Waals surface area contributed by atoms with Gasteiger partial charge in [-0.15, -0.1) is 0 Å². The van der Waals surface area contributed by atoms with Crippen molar-refractivity contribution in [1.29, 1.82) is 0 Å². The quantitative estimate of drug-likeness (QED) is 0.580. The molecule has 13 heavy (non-hydrogen) atoms. The van der Waals surface area contributed by atoms with E-state index in [4.69, 9.17) is 5.11 Å². The first kappa shape index (κ1) is 7.56. The molecule has 1 spiro atoms. The second-order valence-corrected chi connectivity index (χ2v) is 4.45. The lowest BCUT2D eigenvalue weighted by atomic mass is 9.80. The monoisotopic (exact) mass is 179 g/mol. The Balaban J connectivity index is 2.02. The normalized spacial score (nSPS) is 51.2. The van der Waals surface area contributed by atoms with Gasteiger partial charge in [0.2, 0.25) is 0 Å². The van der Waals surface area contributed by atoms with Crippen molar-refractivity contribution in [2.24, 2.45) is 17.8 Å². The lowest BCUT2D eigenvalue weighted by Gasteiger charge is -2.27. The van der Waals surface area contributed by atoms with E-state index >= 15 is 0 Å². The van der Waals surface area contributed by atoms with Gasteiger partial charge in [-0.05, 0) is 31.2 Å². The molecule has 2 N–H and O–H groups in total. The second kappa shape index (κ2) is 2.15. The minimum atomic E-state index is -0.607. The molecule has 70 valence electrons. The Hall–Kier alpha value is -0.830. The van der Waals surface area contributed by atoms with Crippen LogP contribution in [0.5, 0.6) is 0 Å². The number of fused-ring (bicyclic) bond motifs is 1. The summed E-state index contributed by atoms with van der Waals surface area (Å²) >= 11 is 0. The van der Waals surface area contributed by atoms with E-state index in [2.05, 4.69) is 17.5 Å². The van der Waals surface area contributed by atoms with E-state index in [1.165, 1.54) is 0 Å². The highest BCUT2D eigenvalue weighted by molar-refractivity contribution is 5.73. The molecule has 1 saturated carbocycles. The van der Waals surface area contributed by atoms with Gasteiger partial charge in [0, 0.05) is 5.54 Å². The predicted octanol–water partition coefficient (Wildman–Crippen LogP) is 0.625. The maximum absolute atomic E-state index is 11.1. The van der Waals surface area contributed by atoms with E-state index in [1.807, 2.05) is 0 Å². The molecule has 0 aromatic carbocycles. The van der Waals surface area contributed by atoms with Crippen LogP contribution in [0.1, 0.15) is 12.8 Å². The summed E-state index contributed by atoms with van der Waals surface area (Å²) in [6.07, 6.45) is 6.33. The second-order valence-electron chi connectivity index (χ2n) is 4.45. The average Bonchev–Trinajstić information content (AvgIpc) is 2.67. The highest BCUT2D eigenvalue weighted by Crippen LogP contribution is 2.54. The average molecular weight is 179 g/mol. The fourth-order valence-corrected chi connectivity index (χ4v) is 3.48. The predicted molar refractivity (Wildman–Crippen MR) is 47.2 cm³/mol. The van der Waals surface area contributed by atoms with Crippen molar-refractivity contribution in [1.82, 2.24) is 5.32 Å². The number of carboxylic acid groups (broad SMARTS) is 1. The van der Waals surface area contributed by atoms with Gasteiger partial charge in [-0.3, -0.25) is 4.79 Å². The lowest BCUT2D eigenvalue weighted by molar-refractivity contribution is -0.144. The summed E-state index contributed by atoms with van der Waals surface area (Å²) in [5.74, 6) is -0.0970. The molecular weight excluding hydrogens is 166 g/mol. The SMILES string of the molecule is O=C(O)C1C2C=CC3(C2)NCCC13. The molecule has 0 aromatic rings. The number of rotatable bonds is 1. The number of carboxylic acids is 1. The molecule has 3 nitrogen and oxygen atoms in total. The van der Waals surface area contributed by atoms with Crippen LogP contribution in [0.4, 0.5) is 0 Å². The third-order valence-corrected chi connectivity index (χ3v) is 3.97. The first-order valence-corrected chi connectivity index (χ1v) is 4.90. The van der Waals surface area contributed by atoms with Crippen LogP contribution in [0, 0.1) is 17.8 Å². The fourth-order valence-electron chi connectivity index (χ4n) is 3.48. The molecule has 0 radical (unpaired) electrons. The lowest BCUT2D eigenvalue weighted by Crippen LogP contribution is -2.41. The van der Waals surface area contributed by atoms with Gasteiger partial charge < -0.3 is 10.4 Å². The number of hydrogen-bond acceptors (Lipinski definition) is 2. The largest absolute Gasteiger partial charge is 0.481 e. The number of aliphatic carboxylic acids is 1. The minimum Gasteiger partial charge on any atom is -0.481 e. The highest BCUT2D eigenvalue weighted by atomic mass is 16.4. The van der Waals surface area contributed by atoms with Gasteiger partial charge >= 0.3 is 5.97 Å². The summed E-state index contributed by atoms with van der Waals surface area (Å²) in [6.45, 7) is 0.978. The summed E-state index contributed by atoms with van der Waals surface area (Å²) < 4.78 is 0. The summed E-state index contributed by atoms with van der Waals surface area (Å²) in [4.78, 5) is 11.1. The highest BCUT2D eigenvalue weighted by Gasteiger charge is 2.59. The zero-order valence-electron chi connectivity index (χ0n) is 7.36. The van der Waals surface area contributed by atoms with Crippen molar-refractivity contribution < 1.29 is 9.90 Å². The summed E-state index contributed by atoms with van der Waals surface area (Å²) in [5.41, 5.74) is 0.0632. The van der Waals surface area contributed by atoms with Gasteiger partial charge in [0.15, 0.2) is 0 Å². The van der Waals surface area contributed by atoms with Crippen molar-refractivity contribution in [3.05, 3.63) is 12.2 Å². The fraction of sp³-hybridized carbons (Fsp3) is 0.700. The number of hydrogen-bond donors (Lipinski definition) is 2. The van der Waals surface area contributed by atoms with Crippen LogP contribution in [0.2, 0.25) is 0 Å². The third kappa shape index (κ3) is 0.759. The van der Waals surface area contributed by atoms with Gasteiger partial charge in [0.05, 0.1) is 5.92 Å². The molecule has 3 heteroatoms. The molecule has 0 amide bonds. The standard InChI is InChI=1S/C10H13NO2/c12-9(13)8-6-1-3-10(5-6)7(8)2-4-11-10/h1,3,6-8,11H,2,4-5H2,(H,12,13). The van der Waals surface area contributed by atoms with Crippen LogP contribution in [0.25, 0.3) is 0 Å². The van der Waals surface area contributed by atoms with Gasteiger partial charge in [0.1, 0.15) is 0 Å². The van der Waals surface area contributed by atoms with Crippen LogP contribution in [0.15, 0.2) is 12.2 Å². The molecule has 4 atom stereocenters. The Labute approximate surface area is 76.8 Å². The molecule has 2 fully saturated rings. The van der Waals surface area contributed by atoms with Crippen molar-refractivity contribution >= 4 is 5.97 Å². The summed E-state index contributed by atoms with van der Waals surface area (Å²) in [7, 11) is 0. The molecular formula is C10H13NO2.